The van der Waals surface area contributed by atoms with E-state index in [1.165, 1.54) is 24.3 Å². The van der Waals surface area contributed by atoms with E-state index in [0.29, 0.717) is 11.1 Å². The Labute approximate surface area is 181 Å². The van der Waals surface area contributed by atoms with Crippen molar-refractivity contribution in [3.8, 4) is 28.7 Å². The molecule has 0 aliphatic carbocycles. The van der Waals surface area contributed by atoms with Crippen LogP contribution in [0.1, 0.15) is 17.2 Å². The summed E-state index contributed by atoms with van der Waals surface area (Å²) in [4.78, 5) is 0. The van der Waals surface area contributed by atoms with Gasteiger partial charge < -0.3 is 55.1 Å². The van der Waals surface area contributed by atoms with Gasteiger partial charge in [-0.2, -0.15) is 0 Å². The number of ether oxygens (including phenoxy) is 3. The Kier molecular flexibility index (Phi) is 6.03. The van der Waals surface area contributed by atoms with Crippen LogP contribution in [0.4, 0.5) is 0 Å². The van der Waals surface area contributed by atoms with Gasteiger partial charge in [0.15, 0.2) is 11.5 Å². The summed E-state index contributed by atoms with van der Waals surface area (Å²) < 4.78 is 16.6. The molecular formula is C21H24O11. The zero-order chi connectivity index (χ0) is 23.2. The SMILES string of the molecule is OC[C@H]1O[C@@H](Oc2cc(C3Oc4cc(O)cc(O)c4CC3O)ccc2O)[C@H](O)[C@@H](O)[C@@H]1O. The van der Waals surface area contributed by atoms with Gasteiger partial charge in [0.05, 0.1) is 12.7 Å². The number of phenolic OH excluding ortho intramolecular Hbond substituents is 3. The highest BCUT2D eigenvalue weighted by atomic mass is 16.7. The topological polar surface area (TPSA) is 190 Å². The van der Waals surface area contributed by atoms with Gasteiger partial charge in [-0.1, -0.05) is 6.07 Å². The molecule has 7 atom stereocenters. The summed E-state index contributed by atoms with van der Waals surface area (Å²) in [7, 11) is 0. The predicted octanol–water partition coefficient (Wildman–Crippen LogP) is -0.981. The molecule has 11 heteroatoms. The van der Waals surface area contributed by atoms with Crippen LogP contribution in [0, 0.1) is 0 Å². The summed E-state index contributed by atoms with van der Waals surface area (Å²) in [5.41, 5.74) is 0.700. The fourth-order valence-electron chi connectivity index (χ4n) is 3.84. The number of rotatable bonds is 4. The third-order valence-corrected chi connectivity index (χ3v) is 5.59. The minimum atomic E-state index is -1.68. The van der Waals surface area contributed by atoms with Gasteiger partial charge >= 0.3 is 0 Å². The van der Waals surface area contributed by atoms with E-state index in [1.54, 1.807) is 0 Å². The van der Waals surface area contributed by atoms with E-state index in [4.69, 9.17) is 14.2 Å². The lowest BCUT2D eigenvalue weighted by molar-refractivity contribution is -0.277. The highest BCUT2D eigenvalue weighted by Gasteiger charge is 2.45. The fraction of sp³-hybridized carbons (Fsp3) is 0.429. The van der Waals surface area contributed by atoms with Crippen molar-refractivity contribution in [2.24, 2.45) is 0 Å². The number of aliphatic hydroxyl groups excluding tert-OH is 5. The molecule has 11 nitrogen and oxygen atoms in total. The first kappa shape index (κ1) is 22.4. The minimum absolute atomic E-state index is 0.0376. The quantitative estimate of drug-likeness (QED) is 0.285. The van der Waals surface area contributed by atoms with Crippen LogP contribution in [0.15, 0.2) is 30.3 Å². The summed E-state index contributed by atoms with van der Waals surface area (Å²) in [6.07, 6.45) is -9.59. The average Bonchev–Trinajstić information content (AvgIpc) is 2.75. The van der Waals surface area contributed by atoms with Crippen molar-refractivity contribution in [3.63, 3.8) is 0 Å². The second-order valence-electron chi connectivity index (χ2n) is 7.79. The lowest BCUT2D eigenvalue weighted by atomic mass is 9.94. The Morgan fingerprint density at radius 2 is 1.66 bits per heavy atom. The van der Waals surface area contributed by atoms with Crippen molar-refractivity contribution < 1.29 is 55.1 Å². The summed E-state index contributed by atoms with van der Waals surface area (Å²) in [5.74, 6) is -0.759. The number of aliphatic hydroxyl groups is 5. The van der Waals surface area contributed by atoms with Crippen LogP contribution in [0.5, 0.6) is 28.7 Å². The molecule has 174 valence electrons. The van der Waals surface area contributed by atoms with E-state index in [2.05, 4.69) is 0 Å². The molecule has 1 saturated heterocycles. The molecule has 32 heavy (non-hydrogen) atoms. The standard InChI is InChI=1S/C21H24O11/c22-7-16-17(27)18(28)19(29)21(32-16)31-15-3-8(1-2-11(15)24)20-13(26)6-10-12(25)4-9(23)5-14(10)30-20/h1-5,13,16-29H,6-7H2/t13?,16-,17-,18+,19-,20?,21-/m1/s1. The maximum absolute atomic E-state index is 10.6. The van der Waals surface area contributed by atoms with Crippen LogP contribution in [-0.2, 0) is 11.2 Å². The maximum Gasteiger partial charge on any atom is 0.229 e. The zero-order valence-corrected chi connectivity index (χ0v) is 16.6. The summed E-state index contributed by atoms with van der Waals surface area (Å²) in [6, 6.07) is 6.51. The largest absolute Gasteiger partial charge is 0.508 e. The van der Waals surface area contributed by atoms with E-state index < -0.39 is 49.5 Å². The molecule has 2 aromatic rings. The number of aromatic hydroxyl groups is 3. The zero-order valence-electron chi connectivity index (χ0n) is 16.6. The van der Waals surface area contributed by atoms with Gasteiger partial charge in [-0.3, -0.25) is 0 Å². The fourth-order valence-corrected chi connectivity index (χ4v) is 3.84. The molecule has 0 amide bonds. The Bertz CT molecular complexity index is 978. The van der Waals surface area contributed by atoms with Gasteiger partial charge in [0.25, 0.3) is 0 Å². The number of hydrogen-bond donors (Lipinski definition) is 8. The highest BCUT2D eigenvalue weighted by molar-refractivity contribution is 5.52. The maximum atomic E-state index is 10.6. The third kappa shape index (κ3) is 4.01. The van der Waals surface area contributed by atoms with Crippen molar-refractivity contribution in [1.82, 2.24) is 0 Å². The van der Waals surface area contributed by atoms with E-state index in [1.807, 2.05) is 0 Å². The minimum Gasteiger partial charge on any atom is -0.508 e. The molecule has 2 aliphatic heterocycles. The van der Waals surface area contributed by atoms with Crippen LogP contribution in [0.3, 0.4) is 0 Å². The van der Waals surface area contributed by atoms with Crippen molar-refractivity contribution in [2.75, 3.05) is 6.61 Å². The van der Waals surface area contributed by atoms with Crippen molar-refractivity contribution in [2.45, 2.75) is 49.3 Å². The van der Waals surface area contributed by atoms with Crippen molar-refractivity contribution in [1.29, 1.82) is 0 Å². The first-order valence-corrected chi connectivity index (χ1v) is 9.89. The lowest BCUT2D eigenvalue weighted by Crippen LogP contribution is -2.60. The average molecular weight is 452 g/mol. The second-order valence-corrected chi connectivity index (χ2v) is 7.79. The lowest BCUT2D eigenvalue weighted by Gasteiger charge is -2.39. The van der Waals surface area contributed by atoms with Crippen LogP contribution < -0.4 is 9.47 Å². The molecule has 8 N–H and O–H groups in total. The second kappa shape index (κ2) is 8.62. The molecule has 0 bridgehead atoms. The van der Waals surface area contributed by atoms with E-state index in [-0.39, 0.29) is 35.2 Å². The molecule has 2 unspecified atom stereocenters. The number of benzene rings is 2. The molecule has 1 fully saturated rings. The summed E-state index contributed by atoms with van der Waals surface area (Å²) >= 11 is 0. The molecule has 2 heterocycles. The van der Waals surface area contributed by atoms with E-state index >= 15 is 0 Å². The molecule has 0 aromatic heterocycles. The first-order chi connectivity index (χ1) is 15.2. The Morgan fingerprint density at radius 1 is 0.906 bits per heavy atom. The molecule has 4 rings (SSSR count). The van der Waals surface area contributed by atoms with Gasteiger partial charge in [-0.25, -0.2) is 0 Å². The van der Waals surface area contributed by atoms with Gasteiger partial charge in [-0.05, 0) is 17.7 Å². The molecule has 0 radical (unpaired) electrons. The summed E-state index contributed by atoms with van der Waals surface area (Å²) in [6.45, 7) is -0.641. The predicted molar refractivity (Wildman–Crippen MR) is 105 cm³/mol. The summed E-state index contributed by atoms with van der Waals surface area (Å²) in [5, 5.41) is 79.7. The van der Waals surface area contributed by atoms with Gasteiger partial charge in [0.2, 0.25) is 6.29 Å². The molecular weight excluding hydrogens is 428 g/mol. The smallest absolute Gasteiger partial charge is 0.229 e. The van der Waals surface area contributed by atoms with Crippen molar-refractivity contribution in [3.05, 3.63) is 41.5 Å². The third-order valence-electron chi connectivity index (χ3n) is 5.59. The van der Waals surface area contributed by atoms with Crippen LogP contribution in [-0.4, -0.2) is 84.3 Å². The molecule has 0 spiro atoms. The molecule has 2 aromatic carbocycles. The number of fused-ring (bicyclic) bond motifs is 1. The van der Waals surface area contributed by atoms with E-state index in [9.17, 15) is 40.9 Å². The van der Waals surface area contributed by atoms with Crippen LogP contribution in [0.2, 0.25) is 0 Å². The molecule has 0 saturated carbocycles. The Hall–Kier alpha value is -2.80. The van der Waals surface area contributed by atoms with Gasteiger partial charge in [0, 0.05) is 24.1 Å². The monoisotopic (exact) mass is 452 g/mol. The van der Waals surface area contributed by atoms with Crippen LogP contribution >= 0.6 is 0 Å². The Morgan fingerprint density at radius 3 is 2.38 bits per heavy atom. The van der Waals surface area contributed by atoms with Gasteiger partial charge in [0.1, 0.15) is 47.8 Å². The first-order valence-electron chi connectivity index (χ1n) is 9.89. The van der Waals surface area contributed by atoms with Gasteiger partial charge in [-0.15, -0.1) is 0 Å². The number of phenols is 3. The van der Waals surface area contributed by atoms with E-state index in [0.717, 1.165) is 6.07 Å². The normalized spacial score (nSPS) is 32.1. The number of hydrogen-bond acceptors (Lipinski definition) is 11. The highest BCUT2D eigenvalue weighted by Crippen LogP contribution is 2.43. The molecule has 2 aliphatic rings. The van der Waals surface area contributed by atoms with Crippen LogP contribution in [0.25, 0.3) is 0 Å². The van der Waals surface area contributed by atoms with Crippen molar-refractivity contribution >= 4 is 0 Å². The Balaban J connectivity index is 1.59.